The number of hydrogen-bond acceptors (Lipinski definition) is 3. The summed E-state index contributed by atoms with van der Waals surface area (Å²) in [4.78, 5) is 19.7. The lowest BCUT2D eigenvalue weighted by atomic mass is 9.86. The normalized spacial score (nSPS) is 17.2. The van der Waals surface area contributed by atoms with Gasteiger partial charge in [-0.05, 0) is 25.7 Å². The van der Waals surface area contributed by atoms with Gasteiger partial charge in [0.15, 0.2) is 0 Å². The molecule has 17 heavy (non-hydrogen) atoms. The average molecular weight is 243 g/mol. The predicted molar refractivity (Wildman–Crippen MR) is 64.5 cm³/mol. The van der Waals surface area contributed by atoms with Gasteiger partial charge in [0.1, 0.15) is 6.10 Å². The van der Waals surface area contributed by atoms with Crippen molar-refractivity contribution < 1.29 is 19.4 Å². The third kappa shape index (κ3) is 8.30. The fourth-order valence-corrected chi connectivity index (χ4v) is 1.88. The first-order valence-corrected chi connectivity index (χ1v) is 5.78. The number of carboxylic acids is 1. The van der Waals surface area contributed by atoms with Crippen LogP contribution in [0.1, 0.15) is 39.0 Å². The Morgan fingerprint density at radius 2 is 1.88 bits per heavy atom. The van der Waals surface area contributed by atoms with Crippen molar-refractivity contribution in [1.29, 1.82) is 0 Å². The molecule has 98 valence electrons. The van der Waals surface area contributed by atoms with Crippen molar-refractivity contribution in [2.75, 3.05) is 0 Å². The number of nitrogens with two attached hydrogens (primary N) is 1. The Morgan fingerprint density at radius 1 is 1.41 bits per heavy atom. The zero-order valence-corrected chi connectivity index (χ0v) is 10.2. The quantitative estimate of drug-likeness (QED) is 0.744. The lowest BCUT2D eigenvalue weighted by Crippen LogP contribution is -2.28. The largest absolute Gasteiger partial charge is 0.478 e. The van der Waals surface area contributed by atoms with Crippen LogP contribution in [0.25, 0.3) is 0 Å². The molecule has 0 bridgehead atoms. The van der Waals surface area contributed by atoms with Crippen LogP contribution in [0, 0.1) is 5.92 Å². The monoisotopic (exact) mass is 243 g/mol. The van der Waals surface area contributed by atoms with E-state index >= 15 is 0 Å². The molecule has 0 heterocycles. The number of carbonyl (C=O) groups excluding carboxylic acids is 1. The van der Waals surface area contributed by atoms with E-state index in [2.05, 4.69) is 6.58 Å². The molecule has 1 aliphatic carbocycles. The standard InChI is InChI=1S/C9H17NO2.C3H4O2/c1-7(12-9(10)11)8-5-3-2-4-6-8;1-2-3(4)5/h7-8H,2-6H2,1H3,(H2,10,11);2H,1H2,(H,4,5). The molecule has 5 nitrogen and oxygen atoms in total. The van der Waals surface area contributed by atoms with E-state index in [4.69, 9.17) is 15.6 Å². The summed E-state index contributed by atoms with van der Waals surface area (Å²) in [5.41, 5.74) is 4.94. The Hall–Kier alpha value is -1.52. The van der Waals surface area contributed by atoms with Crippen LogP contribution in [0.3, 0.4) is 0 Å². The Kier molecular flexibility index (Phi) is 7.84. The zero-order valence-electron chi connectivity index (χ0n) is 10.2. The Balaban J connectivity index is 0.000000437. The van der Waals surface area contributed by atoms with Gasteiger partial charge in [-0.3, -0.25) is 0 Å². The molecule has 1 unspecified atom stereocenters. The molecule has 0 aromatic rings. The Morgan fingerprint density at radius 3 is 2.24 bits per heavy atom. The molecule has 1 rings (SSSR count). The van der Waals surface area contributed by atoms with Crippen LogP contribution in [0.15, 0.2) is 12.7 Å². The van der Waals surface area contributed by atoms with E-state index in [0.717, 1.165) is 6.08 Å². The summed E-state index contributed by atoms with van der Waals surface area (Å²) in [5, 5.41) is 7.60. The van der Waals surface area contributed by atoms with Gasteiger partial charge in [0, 0.05) is 6.08 Å². The highest BCUT2D eigenvalue weighted by Crippen LogP contribution is 2.27. The number of primary amides is 1. The molecule has 1 atom stereocenters. The van der Waals surface area contributed by atoms with Crippen molar-refractivity contribution in [3.05, 3.63) is 12.7 Å². The fraction of sp³-hybridized carbons (Fsp3) is 0.667. The molecule has 0 aromatic heterocycles. The molecule has 1 saturated carbocycles. The first-order chi connectivity index (χ1) is 7.97. The maximum atomic E-state index is 10.5. The molecule has 0 spiro atoms. The van der Waals surface area contributed by atoms with Crippen LogP contribution in [-0.4, -0.2) is 23.3 Å². The molecule has 0 saturated heterocycles. The molecule has 1 fully saturated rings. The molecule has 0 aliphatic heterocycles. The Bertz CT molecular complexity index is 259. The number of carbonyl (C=O) groups is 2. The summed E-state index contributed by atoms with van der Waals surface area (Å²) in [5.74, 6) is -0.448. The molecule has 1 amide bonds. The summed E-state index contributed by atoms with van der Waals surface area (Å²) in [6, 6.07) is 0. The van der Waals surface area contributed by atoms with Crippen LogP contribution < -0.4 is 5.73 Å². The van der Waals surface area contributed by atoms with Gasteiger partial charge >= 0.3 is 12.1 Å². The van der Waals surface area contributed by atoms with Crippen molar-refractivity contribution in [1.82, 2.24) is 0 Å². The third-order valence-corrected chi connectivity index (χ3v) is 2.79. The fourth-order valence-electron chi connectivity index (χ4n) is 1.88. The van der Waals surface area contributed by atoms with Gasteiger partial charge in [0.25, 0.3) is 0 Å². The van der Waals surface area contributed by atoms with Crippen molar-refractivity contribution in [2.24, 2.45) is 11.7 Å². The minimum atomic E-state index is -0.981. The van der Waals surface area contributed by atoms with Gasteiger partial charge in [-0.25, -0.2) is 9.59 Å². The molecule has 0 radical (unpaired) electrons. The summed E-state index contributed by atoms with van der Waals surface area (Å²) >= 11 is 0. The summed E-state index contributed by atoms with van der Waals surface area (Å²) in [7, 11) is 0. The highest BCUT2D eigenvalue weighted by molar-refractivity contribution is 5.78. The highest BCUT2D eigenvalue weighted by Gasteiger charge is 2.21. The van der Waals surface area contributed by atoms with Gasteiger partial charge in [-0.15, -0.1) is 0 Å². The highest BCUT2D eigenvalue weighted by atomic mass is 16.6. The third-order valence-electron chi connectivity index (χ3n) is 2.79. The lowest BCUT2D eigenvalue weighted by molar-refractivity contribution is -0.131. The van der Waals surface area contributed by atoms with E-state index in [0.29, 0.717) is 5.92 Å². The van der Waals surface area contributed by atoms with Crippen LogP contribution in [0.5, 0.6) is 0 Å². The Labute approximate surface area is 102 Å². The van der Waals surface area contributed by atoms with Crippen molar-refractivity contribution in [3.8, 4) is 0 Å². The maximum Gasteiger partial charge on any atom is 0.404 e. The van der Waals surface area contributed by atoms with E-state index < -0.39 is 12.1 Å². The zero-order chi connectivity index (χ0) is 13.3. The number of aliphatic carboxylic acids is 1. The van der Waals surface area contributed by atoms with E-state index in [-0.39, 0.29) is 6.10 Å². The molecular weight excluding hydrogens is 222 g/mol. The summed E-state index contributed by atoms with van der Waals surface area (Å²) in [6.45, 7) is 4.89. The van der Waals surface area contributed by atoms with E-state index in [1.165, 1.54) is 32.1 Å². The molecule has 5 heteroatoms. The topological polar surface area (TPSA) is 89.6 Å². The van der Waals surface area contributed by atoms with E-state index in [9.17, 15) is 9.59 Å². The van der Waals surface area contributed by atoms with E-state index in [1.807, 2.05) is 6.92 Å². The predicted octanol–water partition coefficient (Wildman–Crippen LogP) is 2.31. The van der Waals surface area contributed by atoms with Gasteiger partial charge in [0.2, 0.25) is 0 Å². The second kappa shape index (κ2) is 8.61. The SMILES string of the molecule is C=CC(=O)O.CC(OC(N)=O)C1CCCCC1. The lowest BCUT2D eigenvalue weighted by Gasteiger charge is -2.26. The van der Waals surface area contributed by atoms with Gasteiger partial charge < -0.3 is 15.6 Å². The smallest absolute Gasteiger partial charge is 0.404 e. The van der Waals surface area contributed by atoms with Gasteiger partial charge in [-0.1, -0.05) is 25.8 Å². The number of ether oxygens (including phenoxy) is 1. The summed E-state index contributed by atoms with van der Waals surface area (Å²) in [6.07, 6.45) is 6.38. The minimum Gasteiger partial charge on any atom is -0.478 e. The van der Waals surface area contributed by atoms with Crippen LogP contribution in [0.2, 0.25) is 0 Å². The molecular formula is C12H21NO4. The van der Waals surface area contributed by atoms with Gasteiger partial charge in [0.05, 0.1) is 0 Å². The second-order valence-electron chi connectivity index (χ2n) is 4.08. The van der Waals surface area contributed by atoms with Crippen molar-refractivity contribution in [3.63, 3.8) is 0 Å². The number of hydrogen-bond donors (Lipinski definition) is 2. The first-order valence-electron chi connectivity index (χ1n) is 5.78. The van der Waals surface area contributed by atoms with Crippen molar-refractivity contribution in [2.45, 2.75) is 45.1 Å². The first kappa shape index (κ1) is 15.5. The van der Waals surface area contributed by atoms with Crippen LogP contribution in [0.4, 0.5) is 4.79 Å². The van der Waals surface area contributed by atoms with Gasteiger partial charge in [-0.2, -0.15) is 0 Å². The summed E-state index contributed by atoms with van der Waals surface area (Å²) < 4.78 is 4.93. The van der Waals surface area contributed by atoms with Crippen LogP contribution in [-0.2, 0) is 9.53 Å². The van der Waals surface area contributed by atoms with E-state index in [1.54, 1.807) is 0 Å². The number of amides is 1. The average Bonchev–Trinajstić information content (AvgIpc) is 2.30. The minimum absolute atomic E-state index is 0.00259. The molecule has 1 aliphatic rings. The molecule has 0 aromatic carbocycles. The maximum absolute atomic E-state index is 10.5. The van der Waals surface area contributed by atoms with Crippen LogP contribution >= 0.6 is 0 Å². The second-order valence-corrected chi connectivity index (χ2v) is 4.08. The van der Waals surface area contributed by atoms with Crippen molar-refractivity contribution >= 4 is 12.1 Å². The number of carboxylic acid groups (broad SMARTS) is 1. The molecule has 3 N–H and O–H groups in total. The number of rotatable bonds is 3.